The lowest BCUT2D eigenvalue weighted by Crippen LogP contribution is -1.92. The molecule has 0 saturated carbocycles. The number of aldehydes is 1. The van der Waals surface area contributed by atoms with Crippen molar-refractivity contribution in [1.82, 2.24) is 0 Å². The molecule has 0 bridgehead atoms. The highest BCUT2D eigenvalue weighted by atomic mass is 16.7. The normalized spacial score (nSPS) is 12.4. The second-order valence-electron chi connectivity index (χ2n) is 5.56. The van der Waals surface area contributed by atoms with Crippen molar-refractivity contribution in [2.24, 2.45) is 0 Å². The van der Waals surface area contributed by atoms with Gasteiger partial charge in [0.25, 0.3) is 0 Å². The number of carbonyl (C=O) groups is 1. The van der Waals surface area contributed by atoms with Crippen molar-refractivity contribution in [3.63, 3.8) is 0 Å². The molecule has 0 N–H and O–H groups in total. The molecule has 0 atom stereocenters. The van der Waals surface area contributed by atoms with Gasteiger partial charge in [-0.1, -0.05) is 44.0 Å². The van der Waals surface area contributed by atoms with Gasteiger partial charge in [0, 0.05) is 5.56 Å². The van der Waals surface area contributed by atoms with Crippen molar-refractivity contribution in [3.05, 3.63) is 47.5 Å². The molecule has 0 saturated heterocycles. The number of aryl methyl sites for hydroxylation is 1. The molecule has 3 nitrogen and oxygen atoms in total. The fourth-order valence-corrected chi connectivity index (χ4v) is 2.74. The van der Waals surface area contributed by atoms with Crippen LogP contribution in [0, 0.1) is 0 Å². The Kier molecular flexibility index (Phi) is 4.42. The van der Waals surface area contributed by atoms with Gasteiger partial charge in [-0.05, 0) is 41.7 Å². The molecule has 3 heteroatoms. The van der Waals surface area contributed by atoms with Gasteiger partial charge in [0.05, 0.1) is 0 Å². The summed E-state index contributed by atoms with van der Waals surface area (Å²) in [5, 5.41) is 0. The zero-order chi connectivity index (χ0) is 15.4. The number of ether oxygens (including phenoxy) is 2. The molecule has 0 aliphatic carbocycles. The molecule has 0 fully saturated rings. The summed E-state index contributed by atoms with van der Waals surface area (Å²) in [6.07, 6.45) is 5.69. The lowest BCUT2D eigenvalue weighted by molar-refractivity contribution is 0.112. The maximum Gasteiger partial charge on any atom is 0.231 e. The van der Waals surface area contributed by atoms with E-state index in [0.29, 0.717) is 17.1 Å². The summed E-state index contributed by atoms with van der Waals surface area (Å²) in [5.74, 6) is 1.34. The van der Waals surface area contributed by atoms with Gasteiger partial charge in [-0.15, -0.1) is 0 Å². The van der Waals surface area contributed by atoms with Gasteiger partial charge in [0.2, 0.25) is 6.79 Å². The van der Waals surface area contributed by atoms with E-state index in [0.717, 1.165) is 23.8 Å². The smallest absolute Gasteiger partial charge is 0.231 e. The molecule has 1 aliphatic heterocycles. The topological polar surface area (TPSA) is 35.5 Å². The first-order valence-corrected chi connectivity index (χ1v) is 7.80. The first-order chi connectivity index (χ1) is 10.8. The standard InChI is InChI=1S/C19H20O3/c1-2-3-4-5-14-6-8-15(9-7-14)17-11-19-18(21-13-22-19)10-16(17)12-20/h6-12H,2-5,13H2,1H3. The van der Waals surface area contributed by atoms with Crippen LogP contribution >= 0.6 is 0 Å². The number of hydrogen-bond acceptors (Lipinski definition) is 3. The summed E-state index contributed by atoms with van der Waals surface area (Å²) >= 11 is 0. The molecule has 22 heavy (non-hydrogen) atoms. The minimum Gasteiger partial charge on any atom is -0.454 e. The highest BCUT2D eigenvalue weighted by Gasteiger charge is 2.17. The van der Waals surface area contributed by atoms with Crippen LogP contribution in [-0.4, -0.2) is 13.1 Å². The Hall–Kier alpha value is -2.29. The highest BCUT2D eigenvalue weighted by molar-refractivity contribution is 5.89. The summed E-state index contributed by atoms with van der Waals surface area (Å²) < 4.78 is 10.7. The van der Waals surface area contributed by atoms with Crippen molar-refractivity contribution in [3.8, 4) is 22.6 Å². The number of benzene rings is 2. The average molecular weight is 296 g/mol. The molecule has 0 unspecified atom stereocenters. The summed E-state index contributed by atoms with van der Waals surface area (Å²) in [7, 11) is 0. The van der Waals surface area contributed by atoms with E-state index in [2.05, 4.69) is 31.2 Å². The van der Waals surface area contributed by atoms with E-state index in [1.165, 1.54) is 24.8 Å². The molecular weight excluding hydrogens is 276 g/mol. The van der Waals surface area contributed by atoms with Crippen molar-refractivity contribution >= 4 is 6.29 Å². The Bertz CT molecular complexity index is 659. The van der Waals surface area contributed by atoms with E-state index in [4.69, 9.17) is 9.47 Å². The largest absolute Gasteiger partial charge is 0.454 e. The summed E-state index contributed by atoms with van der Waals surface area (Å²) in [5.41, 5.74) is 3.88. The SMILES string of the molecule is CCCCCc1ccc(-c2cc3c(cc2C=O)OCO3)cc1. The summed E-state index contributed by atoms with van der Waals surface area (Å²) in [6, 6.07) is 12.1. The summed E-state index contributed by atoms with van der Waals surface area (Å²) in [6.45, 7) is 2.43. The van der Waals surface area contributed by atoms with Crippen LogP contribution < -0.4 is 9.47 Å². The second kappa shape index (κ2) is 6.65. The van der Waals surface area contributed by atoms with Crippen LogP contribution in [0.5, 0.6) is 11.5 Å². The van der Waals surface area contributed by atoms with Crippen molar-refractivity contribution < 1.29 is 14.3 Å². The number of rotatable bonds is 6. The third-order valence-corrected chi connectivity index (χ3v) is 4.01. The highest BCUT2D eigenvalue weighted by Crippen LogP contribution is 2.38. The van der Waals surface area contributed by atoms with Crippen LogP contribution in [0.3, 0.4) is 0 Å². The monoisotopic (exact) mass is 296 g/mol. The second-order valence-corrected chi connectivity index (χ2v) is 5.56. The predicted octanol–water partition coefficient (Wildman–Crippen LogP) is 4.63. The minimum absolute atomic E-state index is 0.216. The van der Waals surface area contributed by atoms with Crippen molar-refractivity contribution in [2.45, 2.75) is 32.6 Å². The van der Waals surface area contributed by atoms with Gasteiger partial charge in [-0.3, -0.25) is 4.79 Å². The Labute approximate surface area is 130 Å². The van der Waals surface area contributed by atoms with Gasteiger partial charge in [-0.2, -0.15) is 0 Å². The molecule has 0 amide bonds. The van der Waals surface area contributed by atoms with Gasteiger partial charge < -0.3 is 9.47 Å². The lowest BCUT2D eigenvalue weighted by Gasteiger charge is -2.08. The molecule has 0 spiro atoms. The van der Waals surface area contributed by atoms with Crippen molar-refractivity contribution in [2.75, 3.05) is 6.79 Å². The van der Waals surface area contributed by atoms with E-state index in [-0.39, 0.29) is 6.79 Å². The molecule has 114 valence electrons. The zero-order valence-electron chi connectivity index (χ0n) is 12.8. The van der Waals surface area contributed by atoms with Gasteiger partial charge in [0.15, 0.2) is 17.8 Å². The van der Waals surface area contributed by atoms with Gasteiger partial charge >= 0.3 is 0 Å². The molecule has 2 aromatic carbocycles. The zero-order valence-corrected chi connectivity index (χ0v) is 12.8. The predicted molar refractivity (Wildman–Crippen MR) is 86.6 cm³/mol. The third kappa shape index (κ3) is 2.98. The average Bonchev–Trinajstić information content (AvgIpc) is 3.02. The molecule has 2 aromatic rings. The number of unbranched alkanes of at least 4 members (excludes halogenated alkanes) is 2. The van der Waals surface area contributed by atoms with E-state index < -0.39 is 0 Å². The van der Waals surface area contributed by atoms with Gasteiger partial charge in [0.1, 0.15) is 0 Å². The van der Waals surface area contributed by atoms with Crippen molar-refractivity contribution in [1.29, 1.82) is 0 Å². The number of carbonyl (C=O) groups excluding carboxylic acids is 1. The Morgan fingerprint density at radius 2 is 1.77 bits per heavy atom. The maximum atomic E-state index is 11.3. The van der Waals surface area contributed by atoms with Crippen LogP contribution in [0.25, 0.3) is 11.1 Å². The van der Waals surface area contributed by atoms with E-state index in [9.17, 15) is 4.79 Å². The fraction of sp³-hybridized carbons (Fsp3) is 0.316. The third-order valence-electron chi connectivity index (χ3n) is 4.01. The Morgan fingerprint density at radius 3 is 2.45 bits per heavy atom. The Balaban J connectivity index is 1.86. The molecule has 0 aromatic heterocycles. The van der Waals surface area contributed by atoms with E-state index >= 15 is 0 Å². The van der Waals surface area contributed by atoms with Crippen LogP contribution in [0.4, 0.5) is 0 Å². The van der Waals surface area contributed by atoms with E-state index in [1.807, 2.05) is 6.07 Å². The molecular formula is C19H20O3. The first-order valence-electron chi connectivity index (χ1n) is 7.80. The molecule has 1 aliphatic rings. The van der Waals surface area contributed by atoms with Crippen LogP contribution in [0.1, 0.15) is 42.1 Å². The summed E-state index contributed by atoms with van der Waals surface area (Å²) in [4.78, 5) is 11.3. The first kappa shape index (κ1) is 14.6. The lowest BCUT2D eigenvalue weighted by atomic mass is 9.97. The quantitative estimate of drug-likeness (QED) is 0.576. The van der Waals surface area contributed by atoms with Gasteiger partial charge in [-0.25, -0.2) is 0 Å². The van der Waals surface area contributed by atoms with Crippen LogP contribution in [0.2, 0.25) is 0 Å². The van der Waals surface area contributed by atoms with E-state index in [1.54, 1.807) is 6.07 Å². The number of hydrogen-bond donors (Lipinski definition) is 0. The number of fused-ring (bicyclic) bond motifs is 1. The molecule has 1 heterocycles. The molecule has 0 radical (unpaired) electrons. The minimum atomic E-state index is 0.216. The van der Waals surface area contributed by atoms with Crippen LogP contribution in [0.15, 0.2) is 36.4 Å². The Morgan fingerprint density at radius 1 is 1.05 bits per heavy atom. The maximum absolute atomic E-state index is 11.3. The molecule has 3 rings (SSSR count). The van der Waals surface area contributed by atoms with Crippen LogP contribution in [-0.2, 0) is 6.42 Å². The fourth-order valence-electron chi connectivity index (χ4n) is 2.74.